The van der Waals surface area contributed by atoms with Gasteiger partial charge in [0.25, 0.3) is 0 Å². The minimum atomic E-state index is -2.57. The van der Waals surface area contributed by atoms with E-state index >= 15 is 0 Å². The average molecular weight is 521 g/mol. The third-order valence-electron chi connectivity index (χ3n) is 4.39. The highest BCUT2D eigenvalue weighted by atomic mass is 79.9. The van der Waals surface area contributed by atoms with Gasteiger partial charge in [0.2, 0.25) is 11.9 Å². The molecule has 1 aliphatic heterocycles. The number of carbonyl (C=O) groups is 4. The number of aliphatic hydroxyl groups is 1. The van der Waals surface area contributed by atoms with E-state index in [1.165, 1.54) is 12.1 Å². The molecular formula is C20H22BrFO10. The van der Waals surface area contributed by atoms with E-state index in [0.29, 0.717) is 0 Å². The van der Waals surface area contributed by atoms with E-state index in [2.05, 4.69) is 15.9 Å². The third kappa shape index (κ3) is 6.02. The SMILES string of the molecule is CC(=O)OC[C@H]1OC(O)(c2ccc(Br)c(F)c2)[C@H](OC(C)=O)[C@@H](OC(C)=O)[C@@H]1OC(C)=O. The first-order valence-corrected chi connectivity index (χ1v) is 10.1. The number of hydrogen-bond donors (Lipinski definition) is 1. The first-order valence-electron chi connectivity index (χ1n) is 9.36. The van der Waals surface area contributed by atoms with Crippen LogP contribution in [0.2, 0.25) is 0 Å². The quantitative estimate of drug-likeness (QED) is 0.434. The van der Waals surface area contributed by atoms with E-state index in [-0.39, 0.29) is 10.0 Å². The predicted molar refractivity (Wildman–Crippen MR) is 106 cm³/mol. The van der Waals surface area contributed by atoms with E-state index in [9.17, 15) is 28.7 Å². The van der Waals surface area contributed by atoms with Gasteiger partial charge in [0, 0.05) is 33.3 Å². The molecule has 1 N–H and O–H groups in total. The normalized spacial score (nSPS) is 27.2. The maximum Gasteiger partial charge on any atom is 0.303 e. The summed E-state index contributed by atoms with van der Waals surface area (Å²) in [6.45, 7) is 3.73. The Morgan fingerprint density at radius 1 is 1.00 bits per heavy atom. The van der Waals surface area contributed by atoms with Gasteiger partial charge in [0.05, 0.1) is 4.47 Å². The van der Waals surface area contributed by atoms with E-state index in [4.69, 9.17) is 23.7 Å². The number of rotatable bonds is 6. The van der Waals surface area contributed by atoms with Crippen LogP contribution in [0.15, 0.2) is 22.7 Å². The van der Waals surface area contributed by atoms with Crippen LogP contribution in [0, 0.1) is 5.82 Å². The Morgan fingerprint density at radius 2 is 1.56 bits per heavy atom. The first-order chi connectivity index (χ1) is 14.8. The zero-order valence-electron chi connectivity index (χ0n) is 17.6. The highest BCUT2D eigenvalue weighted by Gasteiger charge is 2.60. The average Bonchev–Trinajstić information content (AvgIpc) is 2.66. The van der Waals surface area contributed by atoms with Crippen LogP contribution in [0.1, 0.15) is 33.3 Å². The Morgan fingerprint density at radius 3 is 2.06 bits per heavy atom. The lowest BCUT2D eigenvalue weighted by atomic mass is 9.87. The molecule has 0 amide bonds. The molecule has 0 saturated carbocycles. The summed E-state index contributed by atoms with van der Waals surface area (Å²) in [6.07, 6.45) is -6.19. The summed E-state index contributed by atoms with van der Waals surface area (Å²) in [5, 5.41) is 11.5. The molecule has 0 radical (unpaired) electrons. The zero-order chi connectivity index (χ0) is 24.2. The van der Waals surface area contributed by atoms with Gasteiger partial charge in [-0.05, 0) is 28.1 Å². The maximum atomic E-state index is 14.3. The monoisotopic (exact) mass is 520 g/mol. The second-order valence-corrected chi connectivity index (χ2v) is 7.82. The van der Waals surface area contributed by atoms with Crippen LogP contribution in [0.3, 0.4) is 0 Å². The standard InChI is InChI=1S/C20H22BrFO10/c1-9(23)28-8-16-17(29-10(2)24)18(30-11(3)25)19(31-12(4)26)20(27,32-16)13-5-6-14(21)15(22)7-13/h5-7,16-19,27H,8H2,1-4H3/t16-,17-,18+,19-,20?/m1/s1. The number of ether oxygens (including phenoxy) is 5. The summed E-state index contributed by atoms with van der Waals surface area (Å²) in [4.78, 5) is 46.7. The van der Waals surface area contributed by atoms with Gasteiger partial charge in [-0.3, -0.25) is 19.2 Å². The molecule has 0 aliphatic carbocycles. The van der Waals surface area contributed by atoms with Crippen LogP contribution in [-0.2, 0) is 48.6 Å². The van der Waals surface area contributed by atoms with Crippen molar-refractivity contribution in [1.29, 1.82) is 0 Å². The molecule has 1 aliphatic rings. The zero-order valence-corrected chi connectivity index (χ0v) is 19.2. The molecule has 0 aromatic heterocycles. The molecule has 5 atom stereocenters. The van der Waals surface area contributed by atoms with Crippen LogP contribution in [-0.4, -0.2) is 60.0 Å². The van der Waals surface area contributed by atoms with Crippen molar-refractivity contribution in [2.75, 3.05) is 6.61 Å². The van der Waals surface area contributed by atoms with Crippen molar-refractivity contribution in [2.45, 2.75) is 57.9 Å². The van der Waals surface area contributed by atoms with E-state index in [1.54, 1.807) is 0 Å². The summed E-state index contributed by atoms with van der Waals surface area (Å²) < 4.78 is 40.6. The van der Waals surface area contributed by atoms with E-state index < -0.39 is 66.5 Å². The predicted octanol–water partition coefficient (Wildman–Crippen LogP) is 1.49. The topological polar surface area (TPSA) is 135 Å². The number of hydrogen-bond acceptors (Lipinski definition) is 10. The lowest BCUT2D eigenvalue weighted by Gasteiger charge is -2.48. The molecule has 32 heavy (non-hydrogen) atoms. The Kier molecular flexibility index (Phi) is 8.32. The van der Waals surface area contributed by atoms with Gasteiger partial charge in [-0.2, -0.15) is 0 Å². The lowest BCUT2D eigenvalue weighted by molar-refractivity contribution is -0.360. The summed E-state index contributed by atoms with van der Waals surface area (Å²) in [7, 11) is 0. The molecule has 0 bridgehead atoms. The minimum Gasteiger partial charge on any atom is -0.463 e. The Labute approximate surface area is 191 Å². The largest absolute Gasteiger partial charge is 0.463 e. The molecule has 1 aromatic rings. The fourth-order valence-corrected chi connectivity index (χ4v) is 3.48. The van der Waals surface area contributed by atoms with Crippen molar-refractivity contribution in [3.8, 4) is 0 Å². The van der Waals surface area contributed by atoms with Crippen LogP contribution in [0.5, 0.6) is 0 Å². The van der Waals surface area contributed by atoms with E-state index in [1.807, 2.05) is 0 Å². The molecule has 1 fully saturated rings. The smallest absolute Gasteiger partial charge is 0.303 e. The van der Waals surface area contributed by atoms with Crippen molar-refractivity contribution >= 4 is 39.8 Å². The van der Waals surface area contributed by atoms with Gasteiger partial charge < -0.3 is 28.8 Å². The van der Waals surface area contributed by atoms with Gasteiger partial charge in [-0.15, -0.1) is 0 Å². The summed E-state index contributed by atoms with van der Waals surface area (Å²) >= 11 is 2.99. The highest BCUT2D eigenvalue weighted by Crippen LogP contribution is 2.41. The second-order valence-electron chi connectivity index (χ2n) is 6.96. The third-order valence-corrected chi connectivity index (χ3v) is 5.03. The van der Waals surface area contributed by atoms with Crippen LogP contribution in [0.4, 0.5) is 4.39 Å². The number of halogens is 2. The molecule has 1 unspecified atom stereocenters. The van der Waals surface area contributed by atoms with Gasteiger partial charge in [0.1, 0.15) is 18.5 Å². The Balaban J connectivity index is 2.66. The fourth-order valence-electron chi connectivity index (χ4n) is 3.23. The Bertz CT molecular complexity index is 906. The molecule has 0 spiro atoms. The number of esters is 4. The molecular weight excluding hydrogens is 499 g/mol. The molecule has 2 rings (SSSR count). The molecule has 1 saturated heterocycles. The van der Waals surface area contributed by atoms with Gasteiger partial charge >= 0.3 is 23.9 Å². The maximum absolute atomic E-state index is 14.3. The summed E-state index contributed by atoms with van der Waals surface area (Å²) in [6, 6.07) is 3.47. The minimum absolute atomic E-state index is 0.0792. The molecule has 10 nitrogen and oxygen atoms in total. The van der Waals surface area contributed by atoms with Gasteiger partial charge in [0.15, 0.2) is 12.2 Å². The first kappa shape index (κ1) is 25.7. The number of carbonyl (C=O) groups excluding carboxylic acids is 4. The van der Waals surface area contributed by atoms with Crippen molar-refractivity contribution in [3.63, 3.8) is 0 Å². The number of benzene rings is 1. The van der Waals surface area contributed by atoms with Crippen LogP contribution >= 0.6 is 15.9 Å². The summed E-state index contributed by atoms with van der Waals surface area (Å²) in [5.41, 5.74) is -0.198. The molecule has 176 valence electrons. The second kappa shape index (κ2) is 10.4. The van der Waals surface area contributed by atoms with E-state index in [0.717, 1.165) is 33.8 Å². The molecule has 12 heteroatoms. The molecule has 1 heterocycles. The van der Waals surface area contributed by atoms with Crippen molar-refractivity contribution in [3.05, 3.63) is 34.1 Å². The van der Waals surface area contributed by atoms with Crippen molar-refractivity contribution < 1.29 is 52.4 Å². The lowest BCUT2D eigenvalue weighted by Crippen LogP contribution is -2.66. The van der Waals surface area contributed by atoms with Crippen LogP contribution in [0.25, 0.3) is 0 Å². The Hall–Kier alpha value is -2.57. The van der Waals surface area contributed by atoms with Gasteiger partial charge in [-0.1, -0.05) is 6.07 Å². The van der Waals surface area contributed by atoms with Crippen LogP contribution < -0.4 is 0 Å². The highest BCUT2D eigenvalue weighted by molar-refractivity contribution is 9.10. The molecule has 1 aromatic carbocycles. The fraction of sp³-hybridized carbons (Fsp3) is 0.500. The van der Waals surface area contributed by atoms with Crippen molar-refractivity contribution in [1.82, 2.24) is 0 Å². The summed E-state index contributed by atoms with van der Waals surface area (Å²) in [5.74, 6) is -6.63. The van der Waals surface area contributed by atoms with Gasteiger partial charge in [-0.25, -0.2) is 4.39 Å². The van der Waals surface area contributed by atoms with Crippen molar-refractivity contribution in [2.24, 2.45) is 0 Å².